The Labute approximate surface area is 197 Å². The second-order valence-electron chi connectivity index (χ2n) is 9.01. The summed E-state index contributed by atoms with van der Waals surface area (Å²) >= 11 is 0. The molecule has 5 rings (SSSR count). The normalized spacial score (nSPS) is 18.6. The molecule has 1 aliphatic carbocycles. The van der Waals surface area contributed by atoms with Crippen LogP contribution < -0.4 is 10.4 Å². The number of aryl methyl sites for hydroxylation is 2. The lowest BCUT2D eigenvalue weighted by molar-refractivity contribution is 0.146. The first-order valence-corrected chi connectivity index (χ1v) is 11.7. The van der Waals surface area contributed by atoms with Crippen LogP contribution in [0.25, 0.3) is 22.5 Å². The Bertz CT molecular complexity index is 1320. The largest absolute Gasteiger partial charge is 0.491 e. The van der Waals surface area contributed by atoms with Gasteiger partial charge in [-0.25, -0.2) is 4.79 Å². The number of ether oxygens (including phenoxy) is 2. The van der Waals surface area contributed by atoms with E-state index in [0.717, 1.165) is 48.0 Å². The topological polar surface area (TPSA) is 102 Å². The molecule has 0 spiro atoms. The number of methoxy groups -OCH3 is 1. The summed E-state index contributed by atoms with van der Waals surface area (Å²) < 4.78 is 22.1. The summed E-state index contributed by atoms with van der Waals surface area (Å²) in [4.78, 5) is 13.0. The van der Waals surface area contributed by atoms with Crippen LogP contribution >= 0.6 is 0 Å². The van der Waals surface area contributed by atoms with Crippen molar-refractivity contribution < 1.29 is 13.9 Å². The van der Waals surface area contributed by atoms with Crippen LogP contribution in [0.15, 0.2) is 39.8 Å². The van der Waals surface area contributed by atoms with Gasteiger partial charge in [0.1, 0.15) is 12.4 Å². The van der Waals surface area contributed by atoms with E-state index in [2.05, 4.69) is 15.3 Å². The first-order valence-electron chi connectivity index (χ1n) is 11.7. The molecule has 4 aromatic rings. The quantitative estimate of drug-likeness (QED) is 0.368. The van der Waals surface area contributed by atoms with E-state index in [9.17, 15) is 4.79 Å². The van der Waals surface area contributed by atoms with Crippen molar-refractivity contribution in [2.45, 2.75) is 38.1 Å². The molecule has 0 bridgehead atoms. The minimum absolute atomic E-state index is 0.00387. The summed E-state index contributed by atoms with van der Waals surface area (Å²) in [5, 5.41) is 12.7. The van der Waals surface area contributed by atoms with E-state index in [-0.39, 0.29) is 11.6 Å². The van der Waals surface area contributed by atoms with Crippen molar-refractivity contribution in [1.82, 2.24) is 29.1 Å². The van der Waals surface area contributed by atoms with Crippen molar-refractivity contribution in [1.29, 1.82) is 0 Å². The predicted octanol–water partition coefficient (Wildman–Crippen LogP) is 3.12. The van der Waals surface area contributed by atoms with Crippen LogP contribution in [0.2, 0.25) is 0 Å². The Morgan fingerprint density at radius 1 is 1.09 bits per heavy atom. The number of fused-ring (bicyclic) bond motifs is 1. The fourth-order valence-corrected chi connectivity index (χ4v) is 4.80. The van der Waals surface area contributed by atoms with Gasteiger partial charge in [0.2, 0.25) is 5.89 Å². The summed E-state index contributed by atoms with van der Waals surface area (Å²) in [7, 11) is 5.33. The Balaban J connectivity index is 1.27. The van der Waals surface area contributed by atoms with Gasteiger partial charge < -0.3 is 13.9 Å². The highest BCUT2D eigenvalue weighted by atomic mass is 16.5. The van der Waals surface area contributed by atoms with Crippen LogP contribution in [-0.2, 0) is 25.4 Å². The third-order valence-electron chi connectivity index (χ3n) is 6.70. The Hall–Kier alpha value is -3.40. The van der Waals surface area contributed by atoms with Crippen molar-refractivity contribution >= 4 is 11.0 Å². The highest BCUT2D eigenvalue weighted by Gasteiger charge is 2.28. The van der Waals surface area contributed by atoms with Crippen molar-refractivity contribution in [3.8, 4) is 17.2 Å². The van der Waals surface area contributed by atoms with Gasteiger partial charge in [0, 0.05) is 45.9 Å². The van der Waals surface area contributed by atoms with Gasteiger partial charge >= 0.3 is 5.69 Å². The molecule has 3 aromatic heterocycles. The molecule has 1 fully saturated rings. The summed E-state index contributed by atoms with van der Waals surface area (Å²) in [6.07, 6.45) is 7.52. The van der Waals surface area contributed by atoms with Crippen molar-refractivity contribution in [3.05, 3.63) is 47.0 Å². The zero-order valence-corrected chi connectivity index (χ0v) is 19.8. The van der Waals surface area contributed by atoms with Gasteiger partial charge in [-0.15, -0.1) is 10.2 Å². The maximum atomic E-state index is 13.0. The molecule has 0 radical (unpaired) electrons. The van der Waals surface area contributed by atoms with Crippen LogP contribution in [-0.4, -0.2) is 49.4 Å². The van der Waals surface area contributed by atoms with Crippen LogP contribution in [0.4, 0.5) is 0 Å². The van der Waals surface area contributed by atoms with Gasteiger partial charge in [-0.05, 0) is 43.7 Å². The molecule has 0 aliphatic heterocycles. The smallest absolute Gasteiger partial charge is 0.328 e. The number of benzene rings is 1. The van der Waals surface area contributed by atoms with Crippen molar-refractivity contribution in [2.24, 2.45) is 20.0 Å². The average Bonchev–Trinajstić information content (AvgIpc) is 3.56. The maximum absolute atomic E-state index is 13.0. The number of hydrogen-bond donors (Lipinski definition) is 0. The van der Waals surface area contributed by atoms with E-state index in [1.807, 2.05) is 43.1 Å². The van der Waals surface area contributed by atoms with Gasteiger partial charge in [-0.2, -0.15) is 5.10 Å². The first kappa shape index (κ1) is 22.4. The van der Waals surface area contributed by atoms with Gasteiger partial charge in [-0.1, -0.05) is 0 Å². The van der Waals surface area contributed by atoms with Gasteiger partial charge in [-0.3, -0.25) is 13.8 Å². The SMILES string of the molecule is COCCOc1ccc2c(c1)n(CC1CCC(c3nnc(-c4cnn(C)c4)o3)CC1)c(=O)n2C. The zero-order chi connectivity index (χ0) is 23.7. The van der Waals surface area contributed by atoms with Crippen LogP contribution in [0, 0.1) is 5.92 Å². The van der Waals surface area contributed by atoms with E-state index in [0.29, 0.717) is 37.5 Å². The molecule has 1 aromatic carbocycles. The molecule has 180 valence electrons. The van der Waals surface area contributed by atoms with E-state index in [1.54, 1.807) is 22.6 Å². The minimum atomic E-state index is 0.00387. The fraction of sp³-hybridized carbons (Fsp3) is 0.500. The molecule has 10 nitrogen and oxygen atoms in total. The Kier molecular flexibility index (Phi) is 6.23. The molecule has 34 heavy (non-hydrogen) atoms. The molecule has 1 aliphatic rings. The molecule has 0 amide bonds. The van der Waals surface area contributed by atoms with Crippen LogP contribution in [0.5, 0.6) is 5.75 Å². The number of aromatic nitrogens is 6. The molecule has 0 N–H and O–H groups in total. The van der Waals surface area contributed by atoms with Crippen molar-refractivity contribution in [2.75, 3.05) is 20.3 Å². The molecule has 0 saturated heterocycles. The first-order chi connectivity index (χ1) is 16.5. The lowest BCUT2D eigenvalue weighted by Gasteiger charge is -2.26. The van der Waals surface area contributed by atoms with E-state index >= 15 is 0 Å². The number of hydrogen-bond acceptors (Lipinski definition) is 7. The lowest BCUT2D eigenvalue weighted by Crippen LogP contribution is -2.27. The molecule has 0 unspecified atom stereocenters. The van der Waals surface area contributed by atoms with Gasteiger partial charge in [0.05, 0.1) is 29.4 Å². The Morgan fingerprint density at radius 3 is 2.65 bits per heavy atom. The Morgan fingerprint density at radius 2 is 1.91 bits per heavy atom. The average molecular weight is 467 g/mol. The number of nitrogens with zero attached hydrogens (tertiary/aromatic N) is 6. The predicted molar refractivity (Wildman–Crippen MR) is 126 cm³/mol. The summed E-state index contributed by atoms with van der Waals surface area (Å²) in [6.45, 7) is 1.68. The number of imidazole rings is 1. The van der Waals surface area contributed by atoms with E-state index in [4.69, 9.17) is 13.9 Å². The minimum Gasteiger partial charge on any atom is -0.491 e. The number of rotatable bonds is 8. The molecular weight excluding hydrogens is 436 g/mol. The second kappa shape index (κ2) is 9.46. The fourth-order valence-electron chi connectivity index (χ4n) is 4.80. The van der Waals surface area contributed by atoms with Gasteiger partial charge in [0.15, 0.2) is 0 Å². The van der Waals surface area contributed by atoms with Gasteiger partial charge in [0.25, 0.3) is 5.89 Å². The third-order valence-corrected chi connectivity index (χ3v) is 6.70. The lowest BCUT2D eigenvalue weighted by atomic mass is 9.82. The second-order valence-corrected chi connectivity index (χ2v) is 9.01. The molecule has 0 atom stereocenters. The van der Waals surface area contributed by atoms with E-state index < -0.39 is 0 Å². The summed E-state index contributed by atoms with van der Waals surface area (Å²) in [5.74, 6) is 2.61. The highest BCUT2D eigenvalue weighted by molar-refractivity contribution is 5.77. The molecular formula is C24H30N6O4. The molecule has 3 heterocycles. The van der Waals surface area contributed by atoms with Crippen LogP contribution in [0.3, 0.4) is 0 Å². The van der Waals surface area contributed by atoms with Crippen molar-refractivity contribution in [3.63, 3.8) is 0 Å². The van der Waals surface area contributed by atoms with E-state index in [1.165, 1.54) is 0 Å². The standard InChI is InChI=1S/C24H30N6O4/c1-28-15-18(13-25-28)23-27-26-22(34-23)17-6-4-16(5-7-17)14-30-21-12-19(33-11-10-32-3)8-9-20(21)29(2)24(30)31/h8-9,12-13,15-17H,4-7,10-11,14H2,1-3H3. The summed E-state index contributed by atoms with van der Waals surface area (Å²) in [6, 6.07) is 5.80. The highest BCUT2D eigenvalue weighted by Crippen LogP contribution is 2.37. The monoisotopic (exact) mass is 466 g/mol. The molecule has 1 saturated carbocycles. The summed E-state index contributed by atoms with van der Waals surface area (Å²) in [5.41, 5.74) is 2.65. The molecule has 10 heteroatoms. The maximum Gasteiger partial charge on any atom is 0.328 e. The zero-order valence-electron chi connectivity index (χ0n) is 19.8. The van der Waals surface area contributed by atoms with Crippen LogP contribution in [0.1, 0.15) is 37.5 Å². The third kappa shape index (κ3) is 4.37.